The minimum atomic E-state index is -3.26. The van der Waals surface area contributed by atoms with Crippen molar-refractivity contribution in [2.24, 2.45) is 5.90 Å². The number of hydrogen-bond acceptors (Lipinski definition) is 4. The Morgan fingerprint density at radius 3 is 2.21 bits per heavy atom. The zero-order chi connectivity index (χ0) is 10.8. The number of nitrogens with zero attached hydrogens (tertiary/aromatic N) is 2. The van der Waals surface area contributed by atoms with Crippen molar-refractivity contribution in [1.82, 2.24) is 8.61 Å². The second-order valence-electron chi connectivity index (χ2n) is 3.52. The van der Waals surface area contributed by atoms with Crippen molar-refractivity contribution in [2.75, 3.05) is 27.2 Å². The fourth-order valence-corrected chi connectivity index (χ4v) is 2.56. The van der Waals surface area contributed by atoms with Gasteiger partial charge in [0.25, 0.3) is 10.2 Å². The molecule has 0 aliphatic carbocycles. The molecule has 6 nitrogen and oxygen atoms in total. The molecule has 0 bridgehead atoms. The van der Waals surface area contributed by atoms with E-state index in [1.807, 2.05) is 0 Å². The summed E-state index contributed by atoms with van der Waals surface area (Å²) in [4.78, 5) is 4.68. The number of nitrogens with two attached hydrogens (primary N) is 1. The molecule has 2 N–H and O–H groups in total. The standard InChI is InChI=1S/C7H17N3O3S/c1-9(2)14(11,12)10-5-3-7(13-8)4-6-10/h7H,3-6,8H2,1-2H3. The summed E-state index contributed by atoms with van der Waals surface area (Å²) in [7, 11) is -0.204. The Kier molecular flexibility index (Phi) is 3.85. The maximum Gasteiger partial charge on any atom is 0.281 e. The van der Waals surface area contributed by atoms with E-state index in [9.17, 15) is 8.42 Å². The second-order valence-corrected chi connectivity index (χ2v) is 5.67. The first-order chi connectivity index (χ1) is 6.48. The van der Waals surface area contributed by atoms with Gasteiger partial charge in [0, 0.05) is 27.2 Å². The van der Waals surface area contributed by atoms with Crippen LogP contribution in [0.1, 0.15) is 12.8 Å². The smallest absolute Gasteiger partial charge is 0.281 e. The third-order valence-electron chi connectivity index (χ3n) is 2.38. The van der Waals surface area contributed by atoms with Crippen LogP contribution in [0.2, 0.25) is 0 Å². The summed E-state index contributed by atoms with van der Waals surface area (Å²) in [5.74, 6) is 5.04. The molecule has 0 unspecified atom stereocenters. The van der Waals surface area contributed by atoms with Gasteiger partial charge in [-0.15, -0.1) is 0 Å². The van der Waals surface area contributed by atoms with Crippen LogP contribution in [0.5, 0.6) is 0 Å². The predicted molar refractivity (Wildman–Crippen MR) is 52.5 cm³/mol. The topological polar surface area (TPSA) is 75.9 Å². The highest BCUT2D eigenvalue weighted by atomic mass is 32.2. The van der Waals surface area contributed by atoms with E-state index >= 15 is 0 Å². The van der Waals surface area contributed by atoms with Crippen molar-refractivity contribution in [3.05, 3.63) is 0 Å². The molecule has 7 heteroatoms. The van der Waals surface area contributed by atoms with Crippen molar-refractivity contribution >= 4 is 10.2 Å². The molecule has 0 aromatic rings. The van der Waals surface area contributed by atoms with E-state index in [2.05, 4.69) is 4.84 Å². The summed E-state index contributed by atoms with van der Waals surface area (Å²) in [6, 6.07) is 0. The van der Waals surface area contributed by atoms with Gasteiger partial charge in [-0.3, -0.25) is 0 Å². The number of hydrogen-bond donors (Lipinski definition) is 1. The highest BCUT2D eigenvalue weighted by Crippen LogP contribution is 2.16. The number of rotatable bonds is 3. The van der Waals surface area contributed by atoms with Gasteiger partial charge in [0.15, 0.2) is 0 Å². The van der Waals surface area contributed by atoms with Crippen LogP contribution in [-0.4, -0.2) is 50.3 Å². The fraction of sp³-hybridized carbons (Fsp3) is 1.00. The van der Waals surface area contributed by atoms with Gasteiger partial charge in [-0.25, -0.2) is 5.90 Å². The molecule has 1 aliphatic heterocycles. The normalized spacial score (nSPS) is 21.7. The van der Waals surface area contributed by atoms with Crippen molar-refractivity contribution in [3.8, 4) is 0 Å². The van der Waals surface area contributed by atoms with Crippen LogP contribution in [0.15, 0.2) is 0 Å². The van der Waals surface area contributed by atoms with Crippen molar-refractivity contribution in [3.63, 3.8) is 0 Å². The van der Waals surface area contributed by atoms with Crippen LogP contribution in [-0.2, 0) is 15.0 Å². The molecule has 1 rings (SSSR count). The monoisotopic (exact) mass is 223 g/mol. The van der Waals surface area contributed by atoms with Crippen LogP contribution in [0, 0.1) is 0 Å². The summed E-state index contributed by atoms with van der Waals surface area (Å²) in [6.07, 6.45) is 1.30. The molecule has 14 heavy (non-hydrogen) atoms. The lowest BCUT2D eigenvalue weighted by atomic mass is 10.1. The Morgan fingerprint density at radius 1 is 1.36 bits per heavy atom. The zero-order valence-electron chi connectivity index (χ0n) is 8.51. The van der Waals surface area contributed by atoms with Crippen LogP contribution in [0.4, 0.5) is 0 Å². The van der Waals surface area contributed by atoms with Gasteiger partial charge in [0.2, 0.25) is 0 Å². The molecular formula is C7H17N3O3S. The van der Waals surface area contributed by atoms with Crippen LogP contribution < -0.4 is 5.90 Å². The van der Waals surface area contributed by atoms with E-state index in [-0.39, 0.29) is 6.10 Å². The minimum absolute atomic E-state index is 0.0105. The van der Waals surface area contributed by atoms with E-state index in [0.717, 1.165) is 0 Å². The molecule has 0 amide bonds. The molecule has 0 aromatic heterocycles. The van der Waals surface area contributed by atoms with Gasteiger partial charge in [-0.2, -0.15) is 17.0 Å². The molecule has 0 atom stereocenters. The second kappa shape index (κ2) is 4.54. The van der Waals surface area contributed by atoms with Gasteiger partial charge in [0.1, 0.15) is 0 Å². The Labute approximate surface area is 84.7 Å². The molecule has 0 spiro atoms. The summed E-state index contributed by atoms with van der Waals surface area (Å²) in [5, 5.41) is 0. The van der Waals surface area contributed by atoms with E-state index in [1.54, 1.807) is 0 Å². The van der Waals surface area contributed by atoms with E-state index in [4.69, 9.17) is 5.90 Å². The van der Waals surface area contributed by atoms with Crippen LogP contribution >= 0.6 is 0 Å². The molecule has 1 aliphatic rings. The van der Waals surface area contributed by atoms with Gasteiger partial charge in [-0.1, -0.05) is 0 Å². The number of piperidine rings is 1. The Bertz CT molecular complexity index is 270. The lowest BCUT2D eigenvalue weighted by Crippen LogP contribution is -2.46. The van der Waals surface area contributed by atoms with E-state index in [1.165, 1.54) is 22.7 Å². The SMILES string of the molecule is CN(C)S(=O)(=O)N1CCC(ON)CC1. The molecule has 1 fully saturated rings. The molecular weight excluding hydrogens is 206 g/mol. The summed E-state index contributed by atoms with van der Waals surface area (Å²) < 4.78 is 26.0. The predicted octanol–water partition coefficient (Wildman–Crippen LogP) is -0.852. The van der Waals surface area contributed by atoms with E-state index < -0.39 is 10.2 Å². The Morgan fingerprint density at radius 2 is 1.86 bits per heavy atom. The molecule has 0 saturated carbocycles. The van der Waals surface area contributed by atoms with Gasteiger partial charge in [-0.05, 0) is 12.8 Å². The lowest BCUT2D eigenvalue weighted by molar-refractivity contribution is 0.0199. The van der Waals surface area contributed by atoms with Crippen molar-refractivity contribution in [2.45, 2.75) is 18.9 Å². The highest BCUT2D eigenvalue weighted by Gasteiger charge is 2.29. The van der Waals surface area contributed by atoms with Gasteiger partial charge in [0.05, 0.1) is 6.10 Å². The van der Waals surface area contributed by atoms with Crippen LogP contribution in [0.25, 0.3) is 0 Å². The average Bonchev–Trinajstić information content (AvgIpc) is 2.17. The first-order valence-corrected chi connectivity index (χ1v) is 5.91. The summed E-state index contributed by atoms with van der Waals surface area (Å²) >= 11 is 0. The largest absolute Gasteiger partial charge is 0.301 e. The Balaban J connectivity index is 2.58. The third-order valence-corrected chi connectivity index (χ3v) is 4.32. The van der Waals surface area contributed by atoms with Crippen molar-refractivity contribution in [1.29, 1.82) is 0 Å². The highest BCUT2D eigenvalue weighted by molar-refractivity contribution is 7.86. The zero-order valence-corrected chi connectivity index (χ0v) is 9.33. The summed E-state index contributed by atoms with van der Waals surface area (Å²) in [6.45, 7) is 0.949. The maximum atomic E-state index is 11.7. The van der Waals surface area contributed by atoms with Crippen molar-refractivity contribution < 1.29 is 13.3 Å². The first-order valence-electron chi connectivity index (χ1n) is 4.51. The minimum Gasteiger partial charge on any atom is -0.301 e. The van der Waals surface area contributed by atoms with Crippen LogP contribution in [0.3, 0.4) is 0 Å². The molecule has 0 radical (unpaired) electrons. The molecule has 1 saturated heterocycles. The quantitative estimate of drug-likeness (QED) is 0.632. The van der Waals surface area contributed by atoms with Gasteiger partial charge >= 0.3 is 0 Å². The first kappa shape index (κ1) is 11.9. The van der Waals surface area contributed by atoms with Gasteiger partial charge < -0.3 is 4.84 Å². The molecule has 1 heterocycles. The molecule has 0 aromatic carbocycles. The molecule has 84 valence electrons. The maximum absolute atomic E-state index is 11.7. The lowest BCUT2D eigenvalue weighted by Gasteiger charge is -2.31. The van der Waals surface area contributed by atoms with E-state index in [0.29, 0.717) is 25.9 Å². The third kappa shape index (κ3) is 2.43. The average molecular weight is 223 g/mol. The summed E-state index contributed by atoms with van der Waals surface area (Å²) in [5.41, 5.74) is 0. The fourth-order valence-electron chi connectivity index (χ4n) is 1.43. The Hall–Kier alpha value is -0.210.